The molecule has 0 unspecified atom stereocenters. The quantitative estimate of drug-likeness (QED) is 0.550. The summed E-state index contributed by atoms with van der Waals surface area (Å²) >= 11 is 0. The van der Waals surface area contributed by atoms with Crippen LogP contribution in [0.3, 0.4) is 0 Å². The number of H-pyrrole nitrogens is 2. The van der Waals surface area contributed by atoms with Gasteiger partial charge in [0.25, 0.3) is 5.56 Å². The second-order valence-corrected chi connectivity index (χ2v) is 8.88. The van der Waals surface area contributed by atoms with Gasteiger partial charge in [-0.1, -0.05) is 68.4 Å². The number of esters is 1. The Bertz CT molecular complexity index is 1110. The van der Waals surface area contributed by atoms with Crippen molar-refractivity contribution in [2.24, 2.45) is 5.92 Å². The van der Waals surface area contributed by atoms with Gasteiger partial charge in [0.05, 0.1) is 11.5 Å². The van der Waals surface area contributed by atoms with E-state index in [0.29, 0.717) is 17.2 Å². The molecule has 3 N–H and O–H groups in total. The second kappa shape index (κ2) is 8.19. The van der Waals surface area contributed by atoms with Crippen LogP contribution in [0.4, 0.5) is 0 Å². The molecule has 1 aliphatic carbocycles. The Morgan fingerprint density at radius 3 is 2.45 bits per heavy atom. The van der Waals surface area contributed by atoms with Gasteiger partial charge in [-0.15, -0.1) is 0 Å². The number of carbonyl (C=O) groups excluding carboxylic acids is 1. The van der Waals surface area contributed by atoms with Gasteiger partial charge in [0, 0.05) is 23.6 Å². The summed E-state index contributed by atoms with van der Waals surface area (Å²) in [6.07, 6.45) is 0.159. The molecule has 0 radical (unpaired) electrons. The molecule has 162 valence electrons. The summed E-state index contributed by atoms with van der Waals surface area (Å²) in [4.78, 5) is 25.9. The van der Waals surface area contributed by atoms with Crippen LogP contribution in [-0.2, 0) is 22.6 Å². The average molecular weight is 421 g/mol. The number of nitrogens with one attached hydrogen (secondary N) is 2. The number of benzene rings is 2. The summed E-state index contributed by atoms with van der Waals surface area (Å²) in [5.74, 6) is -1.68. The van der Waals surface area contributed by atoms with Gasteiger partial charge in [-0.3, -0.25) is 14.7 Å². The molecule has 1 heterocycles. The van der Waals surface area contributed by atoms with E-state index in [0.717, 1.165) is 16.7 Å². The van der Waals surface area contributed by atoms with Gasteiger partial charge < -0.3 is 14.9 Å². The molecule has 3 aromatic rings. The summed E-state index contributed by atoms with van der Waals surface area (Å²) in [5.41, 5.74) is 2.29. The van der Waals surface area contributed by atoms with Gasteiger partial charge >= 0.3 is 5.97 Å². The highest BCUT2D eigenvalue weighted by atomic mass is 16.5. The number of aromatic nitrogens is 2. The van der Waals surface area contributed by atoms with E-state index in [4.69, 9.17) is 4.74 Å². The average Bonchev–Trinajstić information content (AvgIpc) is 3.10. The molecule has 4 rings (SSSR count). The molecular weight excluding hydrogens is 392 g/mol. The Morgan fingerprint density at radius 2 is 1.81 bits per heavy atom. The fourth-order valence-electron chi connectivity index (χ4n) is 4.52. The molecule has 2 aromatic carbocycles. The Kier molecular flexibility index (Phi) is 5.58. The zero-order valence-electron chi connectivity index (χ0n) is 18.0. The molecule has 0 aliphatic heterocycles. The number of ether oxygens (including phenoxy) is 1. The van der Waals surface area contributed by atoms with E-state index < -0.39 is 23.4 Å². The molecule has 0 bridgehead atoms. The molecular formula is C25H28N2O4. The highest BCUT2D eigenvalue weighted by Crippen LogP contribution is 2.44. The van der Waals surface area contributed by atoms with Crippen molar-refractivity contribution in [3.8, 4) is 0 Å². The first-order valence-electron chi connectivity index (χ1n) is 10.6. The maximum Gasteiger partial charge on any atom is 0.313 e. The number of aromatic amines is 2. The third-order valence-electron chi connectivity index (χ3n) is 6.19. The van der Waals surface area contributed by atoms with Crippen molar-refractivity contribution in [1.82, 2.24) is 10.2 Å². The lowest BCUT2D eigenvalue weighted by Crippen LogP contribution is -2.50. The number of fused-ring (bicyclic) bond motifs is 1. The zero-order chi connectivity index (χ0) is 22.2. The predicted molar refractivity (Wildman–Crippen MR) is 118 cm³/mol. The van der Waals surface area contributed by atoms with Crippen LogP contribution in [0.5, 0.6) is 0 Å². The third-order valence-corrected chi connectivity index (χ3v) is 6.19. The molecule has 0 spiro atoms. The first kappa shape index (κ1) is 21.1. The van der Waals surface area contributed by atoms with Crippen LogP contribution in [0.25, 0.3) is 0 Å². The summed E-state index contributed by atoms with van der Waals surface area (Å²) in [6, 6.07) is 17.3. The summed E-state index contributed by atoms with van der Waals surface area (Å²) in [5, 5.41) is 16.8. The molecule has 1 aliphatic rings. The van der Waals surface area contributed by atoms with E-state index in [-0.39, 0.29) is 18.6 Å². The summed E-state index contributed by atoms with van der Waals surface area (Å²) in [6.45, 7) is 5.96. The van der Waals surface area contributed by atoms with Crippen molar-refractivity contribution in [2.45, 2.75) is 51.2 Å². The van der Waals surface area contributed by atoms with Gasteiger partial charge in [0.15, 0.2) is 0 Å². The summed E-state index contributed by atoms with van der Waals surface area (Å²) < 4.78 is 5.63. The lowest BCUT2D eigenvalue weighted by molar-refractivity contribution is -0.161. The fourth-order valence-corrected chi connectivity index (χ4v) is 4.52. The minimum absolute atomic E-state index is 0.113. The number of hydrogen-bond donors (Lipinski definition) is 3. The van der Waals surface area contributed by atoms with Crippen molar-refractivity contribution < 1.29 is 14.6 Å². The monoisotopic (exact) mass is 420 g/mol. The van der Waals surface area contributed by atoms with Crippen LogP contribution in [0.1, 0.15) is 60.6 Å². The minimum Gasteiger partial charge on any atom is -0.460 e. The standard InChI is InChI=1S/C25H28N2O4/c1-15(2)17-9-11-18(12-10-17)20-21-19(26-27-23(21)28)13-25(3,30)22(20)24(29)31-14-16-7-5-4-6-8-16/h4-12,15,20,22,30H,13-14H2,1-3H3,(H2,26,27,28)/t20-,22+,25+/m1/s1. The first-order chi connectivity index (χ1) is 14.8. The maximum absolute atomic E-state index is 13.3. The fraction of sp³-hybridized carbons (Fsp3) is 0.360. The number of carbonyl (C=O) groups is 1. The largest absolute Gasteiger partial charge is 0.460 e. The molecule has 0 fully saturated rings. The smallest absolute Gasteiger partial charge is 0.313 e. The molecule has 3 atom stereocenters. The molecule has 31 heavy (non-hydrogen) atoms. The third kappa shape index (κ3) is 4.08. The zero-order valence-corrected chi connectivity index (χ0v) is 18.0. The van der Waals surface area contributed by atoms with Gasteiger partial charge in [-0.25, -0.2) is 0 Å². The summed E-state index contributed by atoms with van der Waals surface area (Å²) in [7, 11) is 0. The normalized spacial score (nSPS) is 22.9. The second-order valence-electron chi connectivity index (χ2n) is 8.88. The molecule has 6 heteroatoms. The van der Waals surface area contributed by atoms with Gasteiger partial charge in [0.2, 0.25) is 0 Å². The van der Waals surface area contributed by atoms with E-state index >= 15 is 0 Å². The lowest BCUT2D eigenvalue weighted by atomic mass is 9.66. The van der Waals surface area contributed by atoms with E-state index in [9.17, 15) is 14.7 Å². The Labute approximate surface area is 181 Å². The van der Waals surface area contributed by atoms with Crippen molar-refractivity contribution in [2.75, 3.05) is 0 Å². The first-order valence-corrected chi connectivity index (χ1v) is 10.6. The van der Waals surface area contributed by atoms with Crippen LogP contribution in [0.2, 0.25) is 0 Å². The van der Waals surface area contributed by atoms with Crippen molar-refractivity contribution >= 4 is 5.97 Å². The van der Waals surface area contributed by atoms with Gasteiger partial charge in [-0.05, 0) is 29.5 Å². The molecule has 0 saturated heterocycles. The van der Waals surface area contributed by atoms with E-state index in [2.05, 4.69) is 24.0 Å². The topological polar surface area (TPSA) is 95.2 Å². The minimum atomic E-state index is -1.38. The lowest BCUT2D eigenvalue weighted by Gasteiger charge is -2.40. The highest BCUT2D eigenvalue weighted by Gasteiger charge is 2.51. The van der Waals surface area contributed by atoms with Crippen molar-refractivity contribution in [3.63, 3.8) is 0 Å². The Hall–Kier alpha value is -3.12. The number of hydrogen-bond acceptors (Lipinski definition) is 4. The predicted octanol–water partition coefficient (Wildman–Crippen LogP) is 3.63. The van der Waals surface area contributed by atoms with Crippen molar-refractivity contribution in [1.29, 1.82) is 0 Å². The van der Waals surface area contributed by atoms with E-state index in [1.54, 1.807) is 6.92 Å². The molecule has 1 aromatic heterocycles. The van der Waals surface area contributed by atoms with E-state index in [1.165, 1.54) is 0 Å². The highest BCUT2D eigenvalue weighted by molar-refractivity contribution is 5.77. The van der Waals surface area contributed by atoms with Crippen LogP contribution in [0, 0.1) is 5.92 Å². The van der Waals surface area contributed by atoms with Crippen LogP contribution in [0.15, 0.2) is 59.4 Å². The van der Waals surface area contributed by atoms with Crippen LogP contribution < -0.4 is 5.56 Å². The van der Waals surface area contributed by atoms with E-state index in [1.807, 2.05) is 54.6 Å². The van der Waals surface area contributed by atoms with Crippen LogP contribution >= 0.6 is 0 Å². The van der Waals surface area contributed by atoms with Crippen molar-refractivity contribution in [3.05, 3.63) is 92.9 Å². The van der Waals surface area contributed by atoms with Gasteiger partial charge in [0.1, 0.15) is 6.61 Å². The maximum atomic E-state index is 13.3. The van der Waals surface area contributed by atoms with Gasteiger partial charge in [-0.2, -0.15) is 0 Å². The molecule has 0 saturated carbocycles. The SMILES string of the molecule is CC(C)c1ccc([C@@H]2c3c([nH][nH]c3=O)C[C@](C)(O)[C@@H]2C(=O)OCc2ccccc2)cc1. The Morgan fingerprint density at radius 1 is 1.13 bits per heavy atom. The van der Waals surface area contributed by atoms with Crippen LogP contribution in [-0.4, -0.2) is 26.9 Å². The number of aliphatic hydroxyl groups is 1. The molecule has 6 nitrogen and oxygen atoms in total. The molecule has 0 amide bonds. The number of rotatable bonds is 5. The Balaban J connectivity index is 1.73.